The molecule has 0 fully saturated rings. The van der Waals surface area contributed by atoms with Crippen LogP contribution in [0.3, 0.4) is 0 Å². The fraction of sp³-hybridized carbons (Fsp3) is 0.750. The van der Waals surface area contributed by atoms with E-state index in [-0.39, 0.29) is 0 Å². The molecule has 0 saturated heterocycles. The number of rotatable bonds is 9. The molecule has 1 N–H and O–H groups in total. The van der Waals surface area contributed by atoms with E-state index in [0.29, 0.717) is 12.5 Å². The van der Waals surface area contributed by atoms with Crippen molar-refractivity contribution in [1.82, 2.24) is 4.90 Å². The summed E-state index contributed by atoms with van der Waals surface area (Å²) < 4.78 is 0. The molecule has 1 unspecified atom stereocenters. The predicted octanol–water partition coefficient (Wildman–Crippen LogP) is 2.28. The molecule has 0 aliphatic carbocycles. The molecule has 1 atom stereocenters. The highest BCUT2D eigenvalue weighted by molar-refractivity contribution is 5.55. The molecule has 0 aromatic heterocycles. The molecule has 88 valence electrons. The Bertz CT molecular complexity index is 180. The van der Waals surface area contributed by atoms with Crippen LogP contribution in [0.4, 0.5) is 0 Å². The number of hydrogen-bond acceptors (Lipinski definition) is 2. The first kappa shape index (κ1) is 14.2. The molecular formula is C12H24N2O. The molecule has 0 rings (SSSR count). The molecule has 0 aliphatic heterocycles. The lowest BCUT2D eigenvalue weighted by atomic mass is 9.99. The van der Waals surface area contributed by atoms with Crippen LogP contribution in [0, 0.1) is 5.92 Å². The van der Waals surface area contributed by atoms with Crippen molar-refractivity contribution in [2.24, 2.45) is 10.9 Å². The van der Waals surface area contributed by atoms with E-state index in [1.54, 1.807) is 19.6 Å². The number of aliphatic hydroxyl groups is 1. The van der Waals surface area contributed by atoms with Crippen LogP contribution in [-0.4, -0.2) is 36.5 Å². The van der Waals surface area contributed by atoms with Gasteiger partial charge >= 0.3 is 0 Å². The van der Waals surface area contributed by atoms with Gasteiger partial charge in [0.2, 0.25) is 0 Å². The Morgan fingerprint density at radius 3 is 2.67 bits per heavy atom. The number of aliphatic hydroxyl groups excluding tert-OH is 1. The third-order valence-electron chi connectivity index (χ3n) is 2.48. The standard InChI is InChI=1S/C12H24N2O/c1-4-7-12(10-15)8-6-9-14(5-2)11-13-3/h5,11-12,15H,2,4,6-10H2,1,3H3. The molecule has 0 bridgehead atoms. The maximum atomic E-state index is 9.12. The molecule has 3 heteroatoms. The summed E-state index contributed by atoms with van der Waals surface area (Å²) in [5.74, 6) is 0.459. The minimum Gasteiger partial charge on any atom is -0.396 e. The van der Waals surface area contributed by atoms with Crippen LogP contribution in [-0.2, 0) is 0 Å². The summed E-state index contributed by atoms with van der Waals surface area (Å²) in [6.45, 7) is 7.12. The van der Waals surface area contributed by atoms with Crippen molar-refractivity contribution < 1.29 is 5.11 Å². The third kappa shape index (κ3) is 7.14. The molecule has 0 heterocycles. The largest absolute Gasteiger partial charge is 0.396 e. The topological polar surface area (TPSA) is 35.8 Å². The predicted molar refractivity (Wildman–Crippen MR) is 66.0 cm³/mol. The minimum absolute atomic E-state index is 0.309. The second kappa shape index (κ2) is 9.71. The van der Waals surface area contributed by atoms with Crippen molar-refractivity contribution >= 4 is 6.34 Å². The Balaban J connectivity index is 3.69. The summed E-state index contributed by atoms with van der Waals surface area (Å²) >= 11 is 0. The monoisotopic (exact) mass is 212 g/mol. The van der Waals surface area contributed by atoms with Gasteiger partial charge in [-0.05, 0) is 31.4 Å². The molecule has 0 aromatic carbocycles. The van der Waals surface area contributed by atoms with Crippen molar-refractivity contribution in [2.75, 3.05) is 20.2 Å². The third-order valence-corrected chi connectivity index (χ3v) is 2.48. The SMILES string of the molecule is C=CN(C=NC)CCCC(CO)CCC. The van der Waals surface area contributed by atoms with Crippen molar-refractivity contribution in [3.05, 3.63) is 12.8 Å². The highest BCUT2D eigenvalue weighted by atomic mass is 16.3. The van der Waals surface area contributed by atoms with E-state index in [9.17, 15) is 0 Å². The van der Waals surface area contributed by atoms with Gasteiger partial charge in [0.1, 0.15) is 0 Å². The highest BCUT2D eigenvalue weighted by Gasteiger charge is 2.06. The Kier molecular flexibility index (Phi) is 9.18. The van der Waals surface area contributed by atoms with Crippen LogP contribution in [0.25, 0.3) is 0 Å². The van der Waals surface area contributed by atoms with Gasteiger partial charge in [-0.1, -0.05) is 19.9 Å². The second-order valence-electron chi connectivity index (χ2n) is 3.77. The maximum Gasteiger partial charge on any atom is 0.0885 e. The first-order valence-electron chi connectivity index (χ1n) is 5.69. The molecular weight excluding hydrogens is 188 g/mol. The van der Waals surface area contributed by atoms with Gasteiger partial charge in [-0.25, -0.2) is 0 Å². The summed E-state index contributed by atoms with van der Waals surface area (Å²) in [5.41, 5.74) is 0. The highest BCUT2D eigenvalue weighted by Crippen LogP contribution is 2.12. The van der Waals surface area contributed by atoms with Gasteiger partial charge in [0.15, 0.2) is 0 Å². The molecule has 0 aliphatic rings. The van der Waals surface area contributed by atoms with E-state index in [1.165, 1.54) is 0 Å². The molecule has 0 aromatic rings. The second-order valence-corrected chi connectivity index (χ2v) is 3.77. The normalized spacial score (nSPS) is 13.0. The number of hydrogen-bond donors (Lipinski definition) is 1. The fourth-order valence-corrected chi connectivity index (χ4v) is 1.64. The van der Waals surface area contributed by atoms with E-state index in [4.69, 9.17) is 5.11 Å². The van der Waals surface area contributed by atoms with Gasteiger partial charge in [0.05, 0.1) is 6.34 Å². The van der Waals surface area contributed by atoms with Gasteiger partial charge in [-0.2, -0.15) is 0 Å². The Hall–Kier alpha value is -0.830. The quantitative estimate of drug-likeness (QED) is 0.470. The van der Waals surface area contributed by atoms with Crippen LogP contribution in [0.15, 0.2) is 17.8 Å². The van der Waals surface area contributed by atoms with Gasteiger partial charge in [0, 0.05) is 20.2 Å². The lowest BCUT2D eigenvalue weighted by Crippen LogP contribution is -2.17. The first-order valence-corrected chi connectivity index (χ1v) is 5.69. The zero-order valence-corrected chi connectivity index (χ0v) is 10.0. The average Bonchev–Trinajstić information content (AvgIpc) is 2.26. The molecule has 0 amide bonds. The number of aliphatic imine (C=N–C) groups is 1. The van der Waals surface area contributed by atoms with Crippen molar-refractivity contribution in [2.45, 2.75) is 32.6 Å². The summed E-state index contributed by atoms with van der Waals surface area (Å²) in [6.07, 6.45) is 7.97. The molecule has 3 nitrogen and oxygen atoms in total. The van der Waals surface area contributed by atoms with Crippen LogP contribution in [0.5, 0.6) is 0 Å². The average molecular weight is 212 g/mol. The van der Waals surface area contributed by atoms with Crippen LogP contribution in [0.2, 0.25) is 0 Å². The fourth-order valence-electron chi connectivity index (χ4n) is 1.64. The lowest BCUT2D eigenvalue weighted by molar-refractivity contribution is 0.206. The minimum atomic E-state index is 0.309. The smallest absolute Gasteiger partial charge is 0.0885 e. The zero-order chi connectivity index (χ0) is 11.5. The maximum absolute atomic E-state index is 9.12. The lowest BCUT2D eigenvalue weighted by Gasteiger charge is -2.16. The van der Waals surface area contributed by atoms with E-state index in [2.05, 4.69) is 18.5 Å². The van der Waals surface area contributed by atoms with Gasteiger partial charge < -0.3 is 10.0 Å². The van der Waals surface area contributed by atoms with E-state index < -0.39 is 0 Å². The van der Waals surface area contributed by atoms with Crippen molar-refractivity contribution in [3.8, 4) is 0 Å². The number of nitrogens with zero attached hydrogens (tertiary/aromatic N) is 2. The van der Waals surface area contributed by atoms with Crippen molar-refractivity contribution in [3.63, 3.8) is 0 Å². The van der Waals surface area contributed by atoms with Gasteiger partial charge in [-0.15, -0.1) is 0 Å². The van der Waals surface area contributed by atoms with E-state index in [0.717, 1.165) is 32.2 Å². The Morgan fingerprint density at radius 1 is 1.47 bits per heavy atom. The Labute approximate surface area is 93.5 Å². The van der Waals surface area contributed by atoms with Crippen LogP contribution >= 0.6 is 0 Å². The zero-order valence-electron chi connectivity index (χ0n) is 10.0. The summed E-state index contributed by atoms with van der Waals surface area (Å²) in [7, 11) is 1.75. The van der Waals surface area contributed by atoms with Crippen LogP contribution < -0.4 is 0 Å². The summed E-state index contributed by atoms with van der Waals surface area (Å²) in [6, 6.07) is 0. The van der Waals surface area contributed by atoms with Crippen LogP contribution in [0.1, 0.15) is 32.6 Å². The van der Waals surface area contributed by atoms with Gasteiger partial charge in [0.25, 0.3) is 0 Å². The van der Waals surface area contributed by atoms with Crippen molar-refractivity contribution in [1.29, 1.82) is 0 Å². The summed E-state index contributed by atoms with van der Waals surface area (Å²) in [4.78, 5) is 5.91. The molecule has 0 radical (unpaired) electrons. The molecule has 0 saturated carbocycles. The van der Waals surface area contributed by atoms with Gasteiger partial charge in [-0.3, -0.25) is 4.99 Å². The summed E-state index contributed by atoms with van der Waals surface area (Å²) in [5, 5.41) is 9.12. The van der Waals surface area contributed by atoms with E-state index in [1.807, 2.05) is 4.90 Å². The molecule has 15 heavy (non-hydrogen) atoms. The first-order chi connectivity index (χ1) is 7.28. The Morgan fingerprint density at radius 2 is 2.20 bits per heavy atom. The van der Waals surface area contributed by atoms with E-state index >= 15 is 0 Å². The molecule has 0 spiro atoms.